The summed E-state index contributed by atoms with van der Waals surface area (Å²) in [4.78, 5) is 2.44. The average molecular weight is 790 g/mol. The quantitative estimate of drug-likeness (QED) is 0.158. The highest BCUT2D eigenvalue weighted by Crippen LogP contribution is 2.52. The van der Waals surface area contributed by atoms with Crippen LogP contribution in [0.15, 0.2) is 200 Å². The van der Waals surface area contributed by atoms with E-state index >= 15 is 0 Å². The molecule has 0 saturated heterocycles. The summed E-state index contributed by atoms with van der Waals surface area (Å²) in [5, 5.41) is 10.4. The van der Waals surface area contributed by atoms with Gasteiger partial charge in [-0.1, -0.05) is 147 Å². The molecule has 3 aromatic heterocycles. The molecule has 3 heterocycles. The van der Waals surface area contributed by atoms with Crippen molar-refractivity contribution in [2.24, 2.45) is 0 Å². The van der Waals surface area contributed by atoms with Gasteiger partial charge in [-0.2, -0.15) is 0 Å². The van der Waals surface area contributed by atoms with Gasteiger partial charge in [0.05, 0.1) is 27.6 Å². The molecular formula is C59H39N3. The molecule has 1 aliphatic carbocycles. The van der Waals surface area contributed by atoms with Gasteiger partial charge in [-0.15, -0.1) is 0 Å². The molecule has 0 unspecified atom stereocenters. The SMILES string of the molecule is CC1(C)c2ccccc2-c2ccc(N(c3ccc(-c4ccccc4)cc3)c3cccc(-n4c5ccc6ccc7cccc8c7c6c5c5c4ccc4c6ccccc6n8c45)c3)cc21. The third-order valence-electron chi connectivity index (χ3n) is 14.2. The molecule has 3 heteroatoms. The number of anilines is 3. The van der Waals surface area contributed by atoms with E-state index in [1.165, 1.54) is 104 Å². The third kappa shape index (κ3) is 4.39. The molecule has 3 nitrogen and oxygen atoms in total. The van der Waals surface area contributed by atoms with Crippen LogP contribution >= 0.6 is 0 Å². The van der Waals surface area contributed by atoms with Crippen LogP contribution in [0, 0.1) is 0 Å². The smallest absolute Gasteiger partial charge is 0.0641 e. The number of para-hydroxylation sites is 1. The van der Waals surface area contributed by atoms with Crippen molar-refractivity contribution >= 4 is 87.7 Å². The normalized spacial score (nSPS) is 13.5. The Labute approximate surface area is 358 Å². The van der Waals surface area contributed by atoms with E-state index in [1.54, 1.807) is 0 Å². The van der Waals surface area contributed by atoms with Gasteiger partial charge in [0.25, 0.3) is 0 Å². The molecule has 0 spiro atoms. The Morgan fingerprint density at radius 3 is 1.94 bits per heavy atom. The molecule has 0 amide bonds. The van der Waals surface area contributed by atoms with Crippen molar-refractivity contribution in [3.63, 3.8) is 0 Å². The summed E-state index contributed by atoms with van der Waals surface area (Å²) >= 11 is 0. The van der Waals surface area contributed by atoms with Gasteiger partial charge in [-0.25, -0.2) is 0 Å². The highest BCUT2D eigenvalue weighted by molar-refractivity contribution is 6.37. The molecule has 0 bridgehead atoms. The molecular weight excluding hydrogens is 751 g/mol. The topological polar surface area (TPSA) is 12.6 Å². The Kier molecular flexibility index (Phi) is 6.63. The number of hydrogen-bond acceptors (Lipinski definition) is 1. The first-order chi connectivity index (χ1) is 30.5. The van der Waals surface area contributed by atoms with Gasteiger partial charge in [0.2, 0.25) is 0 Å². The van der Waals surface area contributed by atoms with E-state index < -0.39 is 0 Å². The van der Waals surface area contributed by atoms with Crippen molar-refractivity contribution in [1.82, 2.24) is 8.97 Å². The van der Waals surface area contributed by atoms with Gasteiger partial charge in [-0.3, -0.25) is 0 Å². The van der Waals surface area contributed by atoms with Crippen LogP contribution in [0.3, 0.4) is 0 Å². The fourth-order valence-corrected chi connectivity index (χ4v) is 11.4. The van der Waals surface area contributed by atoms with Gasteiger partial charge in [0.15, 0.2) is 0 Å². The summed E-state index contributed by atoms with van der Waals surface area (Å²) in [7, 11) is 0. The van der Waals surface area contributed by atoms with Crippen molar-refractivity contribution in [2.45, 2.75) is 19.3 Å². The van der Waals surface area contributed by atoms with Crippen molar-refractivity contribution in [3.8, 4) is 27.9 Å². The fourth-order valence-electron chi connectivity index (χ4n) is 11.4. The zero-order valence-corrected chi connectivity index (χ0v) is 34.4. The van der Waals surface area contributed by atoms with Crippen molar-refractivity contribution in [1.29, 1.82) is 0 Å². The molecule has 10 aromatic carbocycles. The lowest BCUT2D eigenvalue weighted by Crippen LogP contribution is -2.16. The summed E-state index contributed by atoms with van der Waals surface area (Å²) in [5.74, 6) is 0. The van der Waals surface area contributed by atoms with Crippen LogP contribution in [-0.4, -0.2) is 8.97 Å². The predicted octanol–water partition coefficient (Wildman–Crippen LogP) is 16.0. The highest BCUT2D eigenvalue weighted by Gasteiger charge is 2.36. The van der Waals surface area contributed by atoms with E-state index in [-0.39, 0.29) is 5.41 Å². The molecule has 0 fully saturated rings. The van der Waals surface area contributed by atoms with Gasteiger partial charge in [0, 0.05) is 60.5 Å². The molecule has 0 radical (unpaired) electrons. The summed E-state index contributed by atoms with van der Waals surface area (Å²) < 4.78 is 5.06. The largest absolute Gasteiger partial charge is 0.310 e. The number of hydrogen-bond donors (Lipinski definition) is 0. The lowest BCUT2D eigenvalue weighted by Gasteiger charge is -2.28. The molecule has 290 valence electrons. The standard InChI is InChI=1S/C59H39N3/c1-59(2)48-19-8-6-17-44(48)45-30-29-43(35-49(45)59)60(40-27-24-37(25-28-40)36-12-4-3-5-13-36)41-15-11-16-42(34-41)61-52-32-26-39-23-22-38-14-10-21-51-54(38)55(39)56(52)57-53(61)33-31-47-46-18-7-9-20-50(46)62(51)58(47)57/h3-35H,1-2H3. The maximum atomic E-state index is 2.55. The van der Waals surface area contributed by atoms with Crippen LogP contribution in [-0.2, 0) is 5.41 Å². The number of benzene rings is 10. The Bertz CT molecular complexity index is 3940. The first-order valence-electron chi connectivity index (χ1n) is 21.7. The van der Waals surface area contributed by atoms with Crippen LogP contribution in [0.4, 0.5) is 17.1 Å². The zero-order chi connectivity index (χ0) is 40.8. The molecule has 0 saturated carbocycles. The summed E-state index contributed by atoms with van der Waals surface area (Å²) in [6.07, 6.45) is 0. The number of fused-ring (bicyclic) bond motifs is 7. The van der Waals surface area contributed by atoms with Gasteiger partial charge in [-0.05, 0) is 111 Å². The Morgan fingerprint density at radius 2 is 1.05 bits per heavy atom. The van der Waals surface area contributed by atoms with E-state index in [9.17, 15) is 0 Å². The lowest BCUT2D eigenvalue weighted by molar-refractivity contribution is 0.660. The second kappa shape index (κ2) is 12.1. The molecule has 0 aliphatic heterocycles. The van der Waals surface area contributed by atoms with Gasteiger partial charge < -0.3 is 13.9 Å². The summed E-state index contributed by atoms with van der Waals surface area (Å²) in [5.41, 5.74) is 18.4. The maximum Gasteiger partial charge on any atom is 0.0641 e. The third-order valence-corrected chi connectivity index (χ3v) is 14.2. The lowest BCUT2D eigenvalue weighted by atomic mass is 9.82. The van der Waals surface area contributed by atoms with Gasteiger partial charge in [0.1, 0.15) is 0 Å². The fraction of sp³-hybridized carbons (Fsp3) is 0.0508. The van der Waals surface area contributed by atoms with Crippen LogP contribution in [0.2, 0.25) is 0 Å². The van der Waals surface area contributed by atoms with E-state index in [2.05, 4.69) is 228 Å². The van der Waals surface area contributed by atoms with E-state index in [0.29, 0.717) is 0 Å². The van der Waals surface area contributed by atoms with E-state index in [1.807, 2.05) is 0 Å². The van der Waals surface area contributed by atoms with Crippen molar-refractivity contribution in [3.05, 3.63) is 211 Å². The molecule has 62 heavy (non-hydrogen) atoms. The van der Waals surface area contributed by atoms with E-state index in [0.717, 1.165) is 22.7 Å². The Balaban J connectivity index is 1.03. The number of rotatable bonds is 5. The average Bonchev–Trinajstić information content (AvgIpc) is 3.88. The monoisotopic (exact) mass is 789 g/mol. The predicted molar refractivity (Wildman–Crippen MR) is 262 cm³/mol. The van der Waals surface area contributed by atoms with Crippen LogP contribution in [0.25, 0.3) is 98.6 Å². The van der Waals surface area contributed by atoms with Crippen LogP contribution in [0.1, 0.15) is 25.0 Å². The molecule has 0 atom stereocenters. The molecule has 14 rings (SSSR count). The second-order valence-corrected chi connectivity index (χ2v) is 17.7. The highest BCUT2D eigenvalue weighted by atomic mass is 15.1. The summed E-state index contributed by atoms with van der Waals surface area (Å²) in [6.45, 7) is 4.73. The van der Waals surface area contributed by atoms with Crippen LogP contribution < -0.4 is 4.90 Å². The molecule has 1 aliphatic rings. The van der Waals surface area contributed by atoms with Crippen molar-refractivity contribution in [2.75, 3.05) is 4.90 Å². The Hall–Kier alpha value is -7.88. The van der Waals surface area contributed by atoms with Crippen molar-refractivity contribution < 1.29 is 0 Å². The second-order valence-electron chi connectivity index (χ2n) is 17.7. The van der Waals surface area contributed by atoms with Gasteiger partial charge >= 0.3 is 0 Å². The minimum Gasteiger partial charge on any atom is -0.310 e. The first kappa shape index (κ1) is 33.9. The number of aromatic nitrogens is 2. The Morgan fingerprint density at radius 1 is 0.387 bits per heavy atom. The minimum atomic E-state index is -0.124. The van der Waals surface area contributed by atoms with E-state index in [4.69, 9.17) is 0 Å². The summed E-state index contributed by atoms with van der Waals surface area (Å²) in [6, 6.07) is 74.6. The zero-order valence-electron chi connectivity index (χ0n) is 34.4. The molecule has 0 N–H and O–H groups in total. The maximum absolute atomic E-state index is 2.55. The minimum absolute atomic E-state index is 0.124. The first-order valence-corrected chi connectivity index (χ1v) is 21.7. The van der Waals surface area contributed by atoms with Crippen LogP contribution in [0.5, 0.6) is 0 Å². The molecule has 13 aromatic rings. The number of nitrogens with zero attached hydrogens (tertiary/aromatic N) is 3.